The molecule has 0 aromatic heterocycles. The summed E-state index contributed by atoms with van der Waals surface area (Å²) in [7, 11) is 1.58. The van der Waals surface area contributed by atoms with Gasteiger partial charge in [-0.15, -0.1) is 6.58 Å². The van der Waals surface area contributed by atoms with Gasteiger partial charge in [0.05, 0.1) is 13.7 Å². The highest BCUT2D eigenvalue weighted by atomic mass is 16.5. The summed E-state index contributed by atoms with van der Waals surface area (Å²) < 4.78 is 5.39. The van der Waals surface area contributed by atoms with Gasteiger partial charge in [0, 0.05) is 5.56 Å². The summed E-state index contributed by atoms with van der Waals surface area (Å²) in [5.74, 6) is 0.721. The van der Waals surface area contributed by atoms with Crippen molar-refractivity contribution in [3.05, 3.63) is 59.2 Å². The summed E-state index contributed by atoms with van der Waals surface area (Å²) in [6, 6.07) is 3.60. The van der Waals surface area contributed by atoms with E-state index in [2.05, 4.69) is 19.6 Å². The second-order valence-corrected chi connectivity index (χ2v) is 5.75. The van der Waals surface area contributed by atoms with Crippen molar-refractivity contribution >= 4 is 0 Å². The number of phenolic OH excluding ortho intramolecular Hbond substituents is 1. The summed E-state index contributed by atoms with van der Waals surface area (Å²) in [4.78, 5) is 0. The van der Waals surface area contributed by atoms with Gasteiger partial charge in [0.2, 0.25) is 0 Å². The van der Waals surface area contributed by atoms with E-state index in [0.717, 1.165) is 36.8 Å². The molecule has 1 rings (SSSR count). The number of hydrogen-bond donors (Lipinski definition) is 2. The molecular weight excluding hydrogens is 288 g/mol. The molecule has 3 nitrogen and oxygen atoms in total. The lowest BCUT2D eigenvalue weighted by Gasteiger charge is -2.15. The smallest absolute Gasteiger partial charge is 0.164 e. The normalized spacial score (nSPS) is 12.3. The number of benzene rings is 1. The zero-order valence-electron chi connectivity index (χ0n) is 14.4. The second-order valence-electron chi connectivity index (χ2n) is 5.75. The Morgan fingerprint density at radius 3 is 2.57 bits per heavy atom. The van der Waals surface area contributed by atoms with Crippen LogP contribution in [0.1, 0.15) is 37.8 Å². The highest BCUT2D eigenvalue weighted by Crippen LogP contribution is 2.34. The molecule has 1 aromatic rings. The Labute approximate surface area is 139 Å². The first-order chi connectivity index (χ1) is 11.0. The van der Waals surface area contributed by atoms with Crippen LogP contribution in [0.4, 0.5) is 0 Å². The van der Waals surface area contributed by atoms with E-state index in [0.29, 0.717) is 5.75 Å². The van der Waals surface area contributed by atoms with Gasteiger partial charge in [0.15, 0.2) is 11.5 Å². The maximum atomic E-state index is 10.0. The number of aliphatic hydroxyl groups is 1. The SMILES string of the molecule is C=CCc1ccc(O)c(OC)c1CC(C)=CCCC(C)=CCO. The molecule has 0 heterocycles. The molecule has 0 saturated heterocycles. The van der Waals surface area contributed by atoms with Crippen LogP contribution in [0.25, 0.3) is 0 Å². The fraction of sp³-hybridized carbons (Fsp3) is 0.400. The van der Waals surface area contributed by atoms with Gasteiger partial charge >= 0.3 is 0 Å². The molecule has 0 atom stereocenters. The highest BCUT2D eigenvalue weighted by molar-refractivity contribution is 5.52. The number of ether oxygens (including phenoxy) is 1. The minimum atomic E-state index is 0.0972. The molecule has 126 valence electrons. The fourth-order valence-electron chi connectivity index (χ4n) is 2.58. The van der Waals surface area contributed by atoms with Crippen LogP contribution in [0.2, 0.25) is 0 Å². The Morgan fingerprint density at radius 2 is 1.96 bits per heavy atom. The summed E-state index contributed by atoms with van der Waals surface area (Å²) in [6.07, 6.45) is 9.26. The lowest BCUT2D eigenvalue weighted by atomic mass is 9.96. The molecule has 0 saturated carbocycles. The molecule has 0 fully saturated rings. The van der Waals surface area contributed by atoms with Gasteiger partial charge < -0.3 is 14.9 Å². The minimum absolute atomic E-state index is 0.0972. The molecule has 3 heteroatoms. The van der Waals surface area contributed by atoms with Gasteiger partial charge in [0.25, 0.3) is 0 Å². The Hall–Kier alpha value is -2.00. The van der Waals surface area contributed by atoms with Gasteiger partial charge in [0.1, 0.15) is 0 Å². The molecule has 0 bridgehead atoms. The number of aliphatic hydroxyl groups excluding tert-OH is 1. The number of rotatable bonds is 9. The third-order valence-electron chi connectivity index (χ3n) is 3.83. The molecule has 0 aliphatic rings. The highest BCUT2D eigenvalue weighted by Gasteiger charge is 2.13. The molecule has 0 radical (unpaired) electrons. The summed E-state index contributed by atoms with van der Waals surface area (Å²) in [5, 5.41) is 18.9. The van der Waals surface area contributed by atoms with Crippen molar-refractivity contribution in [1.29, 1.82) is 0 Å². The topological polar surface area (TPSA) is 49.7 Å². The van der Waals surface area contributed by atoms with Gasteiger partial charge in [-0.25, -0.2) is 0 Å². The van der Waals surface area contributed by atoms with E-state index in [9.17, 15) is 5.11 Å². The Balaban J connectivity index is 2.91. The first-order valence-electron chi connectivity index (χ1n) is 7.94. The van der Waals surface area contributed by atoms with E-state index in [1.54, 1.807) is 13.2 Å². The maximum absolute atomic E-state index is 10.0. The van der Waals surface area contributed by atoms with E-state index >= 15 is 0 Å². The maximum Gasteiger partial charge on any atom is 0.164 e. The summed E-state index contributed by atoms with van der Waals surface area (Å²) in [5.41, 5.74) is 4.57. The lowest BCUT2D eigenvalue weighted by molar-refractivity contribution is 0.341. The van der Waals surface area contributed by atoms with Gasteiger partial charge in [-0.05, 0) is 51.2 Å². The molecule has 2 N–H and O–H groups in total. The van der Waals surface area contributed by atoms with Crippen LogP contribution >= 0.6 is 0 Å². The summed E-state index contributed by atoms with van der Waals surface area (Å²) in [6.45, 7) is 8.01. The van der Waals surface area contributed by atoms with Crippen LogP contribution in [0.15, 0.2) is 48.1 Å². The van der Waals surface area contributed by atoms with Crippen molar-refractivity contribution in [1.82, 2.24) is 0 Å². The fourth-order valence-corrected chi connectivity index (χ4v) is 2.58. The second kappa shape index (κ2) is 9.90. The van der Waals surface area contributed by atoms with Crippen molar-refractivity contribution in [3.63, 3.8) is 0 Å². The van der Waals surface area contributed by atoms with Crippen molar-refractivity contribution in [2.24, 2.45) is 0 Å². The molecule has 0 aliphatic heterocycles. The average molecular weight is 316 g/mol. The van der Waals surface area contributed by atoms with Crippen LogP contribution in [0.3, 0.4) is 0 Å². The van der Waals surface area contributed by atoms with E-state index in [4.69, 9.17) is 9.84 Å². The quantitative estimate of drug-likeness (QED) is 0.666. The zero-order valence-corrected chi connectivity index (χ0v) is 14.4. The molecule has 0 amide bonds. The van der Waals surface area contributed by atoms with Crippen LogP contribution in [-0.2, 0) is 12.8 Å². The predicted octanol–water partition coefficient (Wildman–Crippen LogP) is 4.34. The standard InChI is InChI=1S/C20H28O3/c1-5-7-17-10-11-19(22)20(23-4)18(17)14-16(3)9-6-8-15(2)12-13-21/h5,9-12,21-22H,1,6-8,13-14H2,2-4H3. The molecule has 0 aliphatic carbocycles. The Bertz CT molecular complexity index is 583. The van der Waals surface area contributed by atoms with E-state index in [1.807, 2.05) is 25.1 Å². The van der Waals surface area contributed by atoms with E-state index < -0.39 is 0 Å². The van der Waals surface area contributed by atoms with Crippen molar-refractivity contribution in [3.8, 4) is 11.5 Å². The van der Waals surface area contributed by atoms with Gasteiger partial charge in [-0.3, -0.25) is 0 Å². The molecule has 23 heavy (non-hydrogen) atoms. The van der Waals surface area contributed by atoms with Crippen LogP contribution < -0.4 is 4.74 Å². The Morgan fingerprint density at radius 1 is 1.22 bits per heavy atom. The lowest BCUT2D eigenvalue weighted by Crippen LogP contribution is -2.00. The van der Waals surface area contributed by atoms with Crippen molar-refractivity contribution in [2.45, 2.75) is 39.5 Å². The zero-order chi connectivity index (χ0) is 17.2. The third-order valence-corrected chi connectivity index (χ3v) is 3.83. The van der Waals surface area contributed by atoms with Crippen LogP contribution in [-0.4, -0.2) is 23.9 Å². The van der Waals surface area contributed by atoms with Gasteiger partial charge in [-0.1, -0.05) is 35.4 Å². The number of hydrogen-bond acceptors (Lipinski definition) is 3. The summed E-state index contributed by atoms with van der Waals surface area (Å²) >= 11 is 0. The largest absolute Gasteiger partial charge is 0.504 e. The molecule has 0 unspecified atom stereocenters. The first-order valence-corrected chi connectivity index (χ1v) is 7.94. The van der Waals surface area contributed by atoms with Crippen LogP contribution in [0, 0.1) is 0 Å². The molecule has 1 aromatic carbocycles. The first kappa shape index (κ1) is 19.0. The molecular formula is C20H28O3. The van der Waals surface area contributed by atoms with E-state index in [-0.39, 0.29) is 12.4 Å². The predicted molar refractivity (Wildman–Crippen MR) is 96.1 cm³/mol. The van der Waals surface area contributed by atoms with Crippen molar-refractivity contribution in [2.75, 3.05) is 13.7 Å². The van der Waals surface area contributed by atoms with Crippen LogP contribution in [0.5, 0.6) is 11.5 Å². The number of allylic oxidation sites excluding steroid dienone is 4. The van der Waals surface area contributed by atoms with Gasteiger partial charge in [-0.2, -0.15) is 0 Å². The van der Waals surface area contributed by atoms with Crippen molar-refractivity contribution < 1.29 is 14.9 Å². The monoisotopic (exact) mass is 316 g/mol. The van der Waals surface area contributed by atoms with E-state index in [1.165, 1.54) is 11.1 Å². The Kier molecular flexibility index (Phi) is 8.20. The number of methoxy groups -OCH3 is 1. The third kappa shape index (κ3) is 5.95. The minimum Gasteiger partial charge on any atom is -0.504 e. The average Bonchev–Trinajstić information content (AvgIpc) is 2.50. The molecule has 0 spiro atoms. The number of aromatic hydroxyl groups is 1. The number of phenols is 1.